The van der Waals surface area contributed by atoms with Gasteiger partial charge in [0.25, 0.3) is 0 Å². The number of aryl methyl sites for hydroxylation is 2. The number of aliphatic hydroxyl groups excluding tert-OH is 1. The number of hydrogen-bond acceptors (Lipinski definition) is 11. The van der Waals surface area contributed by atoms with Crippen LogP contribution in [0.5, 0.6) is 0 Å². The summed E-state index contributed by atoms with van der Waals surface area (Å²) in [6.45, 7) is 4.75. The third kappa shape index (κ3) is 3.69. The second-order valence-corrected chi connectivity index (χ2v) is 9.59. The Bertz CT molecular complexity index is 1320. The number of thiazole rings is 1. The number of pyridine rings is 1. The molecule has 0 radical (unpaired) electrons. The van der Waals surface area contributed by atoms with Gasteiger partial charge in [0.05, 0.1) is 16.8 Å². The van der Waals surface area contributed by atoms with E-state index >= 15 is 0 Å². The molecule has 11 nitrogen and oxygen atoms in total. The molecule has 0 amide bonds. The van der Waals surface area contributed by atoms with Gasteiger partial charge in [0.1, 0.15) is 18.0 Å². The van der Waals surface area contributed by atoms with Crippen LogP contribution >= 0.6 is 11.3 Å². The molecule has 0 spiro atoms. The van der Waals surface area contributed by atoms with E-state index in [2.05, 4.69) is 30.3 Å². The van der Waals surface area contributed by atoms with Crippen LogP contribution in [-0.2, 0) is 7.05 Å². The average Bonchev–Trinajstić information content (AvgIpc) is 3.56. The minimum Gasteiger partial charge on any atom is -0.395 e. The molecule has 6 heterocycles. The number of fused-ring (bicyclic) bond motifs is 3. The largest absolute Gasteiger partial charge is 0.395 e. The summed E-state index contributed by atoms with van der Waals surface area (Å²) in [7, 11) is 1.90. The van der Waals surface area contributed by atoms with Gasteiger partial charge in [-0.05, 0) is 13.3 Å². The number of aliphatic hydroxyl groups is 1. The average molecular weight is 465 g/mol. The highest BCUT2D eigenvalue weighted by atomic mass is 32.1. The molecule has 2 aliphatic rings. The first-order chi connectivity index (χ1) is 16.1. The first kappa shape index (κ1) is 20.4. The Morgan fingerprint density at radius 2 is 2.06 bits per heavy atom. The lowest BCUT2D eigenvalue weighted by Gasteiger charge is -2.34. The van der Waals surface area contributed by atoms with Crippen LogP contribution in [0.1, 0.15) is 12.1 Å². The molecule has 2 atom stereocenters. The zero-order chi connectivity index (χ0) is 22.5. The van der Waals surface area contributed by atoms with Crippen LogP contribution in [0, 0.1) is 6.92 Å². The van der Waals surface area contributed by atoms with Crippen LogP contribution in [0.25, 0.3) is 21.0 Å². The van der Waals surface area contributed by atoms with Crippen molar-refractivity contribution < 1.29 is 5.11 Å². The van der Waals surface area contributed by atoms with Crippen molar-refractivity contribution in [1.82, 2.24) is 39.6 Å². The highest BCUT2D eigenvalue weighted by Crippen LogP contribution is 2.34. The minimum atomic E-state index is 0.203. The molecule has 0 aromatic carbocycles. The number of aromatic nitrogens is 7. The van der Waals surface area contributed by atoms with E-state index in [-0.39, 0.29) is 6.61 Å². The number of hydrogen-bond donors (Lipinski definition) is 2. The van der Waals surface area contributed by atoms with E-state index < -0.39 is 0 Å². The van der Waals surface area contributed by atoms with Gasteiger partial charge in [0, 0.05) is 62.8 Å². The lowest BCUT2D eigenvalue weighted by molar-refractivity contribution is 0.176. The summed E-state index contributed by atoms with van der Waals surface area (Å²) in [5, 5.41) is 21.5. The van der Waals surface area contributed by atoms with Crippen molar-refractivity contribution in [3.05, 3.63) is 30.4 Å². The van der Waals surface area contributed by atoms with E-state index in [1.165, 1.54) is 11.3 Å². The van der Waals surface area contributed by atoms with Crippen LogP contribution < -0.4 is 10.2 Å². The number of anilines is 3. The normalized spacial score (nSPS) is 20.3. The monoisotopic (exact) mass is 464 g/mol. The molecule has 12 heteroatoms. The Kier molecular flexibility index (Phi) is 4.93. The summed E-state index contributed by atoms with van der Waals surface area (Å²) in [5.74, 6) is 2.87. The van der Waals surface area contributed by atoms with Gasteiger partial charge in [-0.2, -0.15) is 4.98 Å². The molecule has 6 rings (SSSR count). The van der Waals surface area contributed by atoms with E-state index in [0.717, 1.165) is 58.7 Å². The van der Waals surface area contributed by atoms with Crippen LogP contribution in [0.15, 0.2) is 24.7 Å². The van der Waals surface area contributed by atoms with Crippen molar-refractivity contribution in [3.63, 3.8) is 0 Å². The molecule has 2 fully saturated rings. The predicted octanol–water partition coefficient (Wildman–Crippen LogP) is 1.58. The van der Waals surface area contributed by atoms with Crippen molar-refractivity contribution in [2.24, 2.45) is 7.05 Å². The number of likely N-dealkylation sites (tertiary alicyclic amines) is 1. The summed E-state index contributed by atoms with van der Waals surface area (Å²) < 4.78 is 2.84. The maximum atomic E-state index is 9.27. The zero-order valence-corrected chi connectivity index (χ0v) is 19.2. The molecule has 2 bridgehead atoms. The SMILES string of the molecule is Cc1cc(Nc2cc3nc(-c4nncn4C)sc3cn2)nc(N2C[C@@H]3C[C@H]2CN3CCO)n1. The minimum absolute atomic E-state index is 0.203. The fourth-order valence-electron chi connectivity index (χ4n) is 4.75. The van der Waals surface area contributed by atoms with E-state index in [0.29, 0.717) is 23.7 Å². The second-order valence-electron chi connectivity index (χ2n) is 8.56. The van der Waals surface area contributed by atoms with Crippen LogP contribution in [0.3, 0.4) is 0 Å². The Labute approximate surface area is 194 Å². The van der Waals surface area contributed by atoms with Crippen molar-refractivity contribution >= 4 is 39.1 Å². The summed E-state index contributed by atoms with van der Waals surface area (Å²) in [6.07, 6.45) is 4.58. The summed E-state index contributed by atoms with van der Waals surface area (Å²) >= 11 is 1.54. The second kappa shape index (κ2) is 7.97. The molecular formula is C21H24N10OS. The van der Waals surface area contributed by atoms with Gasteiger partial charge in [-0.3, -0.25) is 4.90 Å². The fourth-order valence-corrected chi connectivity index (χ4v) is 5.69. The number of nitrogens with zero attached hydrogens (tertiary/aromatic N) is 9. The molecule has 0 unspecified atom stereocenters. The molecule has 2 aliphatic heterocycles. The molecule has 33 heavy (non-hydrogen) atoms. The Morgan fingerprint density at radius 3 is 2.82 bits per heavy atom. The van der Waals surface area contributed by atoms with Crippen molar-refractivity contribution in [2.75, 3.05) is 36.5 Å². The van der Waals surface area contributed by atoms with E-state index in [1.807, 2.05) is 36.9 Å². The maximum Gasteiger partial charge on any atom is 0.227 e. The highest BCUT2D eigenvalue weighted by molar-refractivity contribution is 7.21. The number of rotatable bonds is 6. The van der Waals surface area contributed by atoms with Gasteiger partial charge in [0.15, 0.2) is 10.8 Å². The molecule has 4 aromatic rings. The molecular weight excluding hydrogens is 440 g/mol. The third-order valence-electron chi connectivity index (χ3n) is 6.27. The Hall–Kier alpha value is -3.22. The number of β-amino-alcohol motifs (C(OH)–C–C–N with tert-alkyl or cyclic N) is 1. The molecule has 4 aromatic heterocycles. The topological polar surface area (TPSA) is 121 Å². The Morgan fingerprint density at radius 1 is 1.15 bits per heavy atom. The number of piperazine rings is 1. The standard InChI is InChI=1S/C21H24N10OS/c1-12-5-18(27-21(24-12)31-10-13-6-14(31)9-30(13)3-4-32)26-17-7-15-16(8-22-17)33-20(25-15)19-28-23-11-29(19)2/h5,7-8,11,13-14,32H,3-4,6,9-10H2,1-2H3,(H,22,24,26,27)/t13-,14-/m0/s1. The van der Waals surface area contributed by atoms with E-state index in [4.69, 9.17) is 15.0 Å². The van der Waals surface area contributed by atoms with Crippen molar-refractivity contribution in [1.29, 1.82) is 0 Å². The van der Waals surface area contributed by atoms with E-state index in [9.17, 15) is 5.11 Å². The highest BCUT2D eigenvalue weighted by Gasteiger charge is 2.43. The molecule has 2 N–H and O–H groups in total. The lowest BCUT2D eigenvalue weighted by Crippen LogP contribution is -2.47. The maximum absolute atomic E-state index is 9.27. The zero-order valence-electron chi connectivity index (χ0n) is 18.4. The Balaban J connectivity index is 1.24. The number of nitrogens with one attached hydrogen (secondary N) is 1. The summed E-state index contributed by atoms with van der Waals surface area (Å²) in [5.41, 5.74) is 1.75. The first-order valence-electron chi connectivity index (χ1n) is 10.9. The first-order valence-corrected chi connectivity index (χ1v) is 11.7. The predicted molar refractivity (Wildman–Crippen MR) is 126 cm³/mol. The third-order valence-corrected chi connectivity index (χ3v) is 7.28. The summed E-state index contributed by atoms with van der Waals surface area (Å²) in [4.78, 5) is 23.4. The van der Waals surface area contributed by atoms with Crippen LogP contribution in [0.4, 0.5) is 17.6 Å². The molecule has 2 saturated heterocycles. The smallest absolute Gasteiger partial charge is 0.227 e. The van der Waals surface area contributed by atoms with Gasteiger partial charge < -0.3 is 19.9 Å². The van der Waals surface area contributed by atoms with Gasteiger partial charge in [-0.25, -0.2) is 15.0 Å². The van der Waals surface area contributed by atoms with Crippen molar-refractivity contribution in [2.45, 2.75) is 25.4 Å². The lowest BCUT2D eigenvalue weighted by atomic mass is 10.2. The fraction of sp³-hybridized carbons (Fsp3) is 0.429. The van der Waals surface area contributed by atoms with Crippen LogP contribution in [-0.4, -0.2) is 83.0 Å². The van der Waals surface area contributed by atoms with E-state index in [1.54, 1.807) is 6.33 Å². The van der Waals surface area contributed by atoms with Gasteiger partial charge in [0.2, 0.25) is 5.95 Å². The summed E-state index contributed by atoms with van der Waals surface area (Å²) in [6, 6.07) is 4.69. The van der Waals surface area contributed by atoms with Gasteiger partial charge in [-0.15, -0.1) is 21.5 Å². The van der Waals surface area contributed by atoms with Crippen LogP contribution in [0.2, 0.25) is 0 Å². The molecule has 170 valence electrons. The molecule has 0 saturated carbocycles. The quantitative estimate of drug-likeness (QED) is 0.435. The van der Waals surface area contributed by atoms with Crippen molar-refractivity contribution in [3.8, 4) is 10.8 Å². The molecule has 0 aliphatic carbocycles. The van der Waals surface area contributed by atoms with Gasteiger partial charge >= 0.3 is 0 Å². The van der Waals surface area contributed by atoms with Gasteiger partial charge in [-0.1, -0.05) is 0 Å².